The van der Waals surface area contributed by atoms with Crippen molar-refractivity contribution in [3.63, 3.8) is 0 Å². The molecule has 1 aromatic rings. The van der Waals surface area contributed by atoms with E-state index in [0.29, 0.717) is 11.4 Å². The van der Waals surface area contributed by atoms with Crippen LogP contribution in [0.25, 0.3) is 0 Å². The molecular weight excluding hydrogens is 333 g/mol. The normalized spacial score (nSPS) is 18.8. The summed E-state index contributed by atoms with van der Waals surface area (Å²) < 4.78 is -0.196. The third-order valence-electron chi connectivity index (χ3n) is 2.07. The van der Waals surface area contributed by atoms with Crippen LogP contribution in [0.5, 0.6) is 0 Å². The molecule has 1 heterocycles. The van der Waals surface area contributed by atoms with Crippen molar-refractivity contribution in [2.45, 2.75) is 3.92 Å². The molecule has 1 aliphatic heterocycles. The van der Waals surface area contributed by atoms with Crippen LogP contribution in [0.1, 0.15) is 10.4 Å². The number of rotatable bonds is 1. The predicted molar refractivity (Wildman–Crippen MR) is 73.0 cm³/mol. The Hall–Kier alpha value is -1.57. The molecular formula is C11H8IN3O2. The van der Waals surface area contributed by atoms with Crippen molar-refractivity contribution in [2.75, 3.05) is 0 Å². The summed E-state index contributed by atoms with van der Waals surface area (Å²) in [5, 5.41) is 2.61. The molecule has 1 aromatic carbocycles. The molecule has 0 bridgehead atoms. The third-order valence-corrected chi connectivity index (χ3v) is 2.98. The Kier molecular flexibility index (Phi) is 3.62. The van der Waals surface area contributed by atoms with Crippen LogP contribution in [0.4, 0.5) is 4.79 Å². The van der Waals surface area contributed by atoms with Crippen LogP contribution >= 0.6 is 22.6 Å². The Labute approximate surface area is 111 Å². The lowest BCUT2D eigenvalue weighted by Gasteiger charge is -2.12. The Balaban J connectivity index is 2.12. The molecule has 0 aliphatic carbocycles. The van der Waals surface area contributed by atoms with Crippen molar-refractivity contribution in [3.8, 4) is 0 Å². The van der Waals surface area contributed by atoms with Crippen LogP contribution in [-0.4, -0.2) is 27.9 Å². The number of amides is 3. The van der Waals surface area contributed by atoms with Gasteiger partial charge in [0.25, 0.3) is 5.91 Å². The first-order chi connectivity index (χ1) is 8.16. The molecule has 2 rings (SSSR count). The summed E-state index contributed by atoms with van der Waals surface area (Å²) in [5.41, 5.74) is 0.522. The first-order valence-corrected chi connectivity index (χ1v) is 6.08. The fourth-order valence-corrected chi connectivity index (χ4v) is 1.72. The molecule has 0 fully saturated rings. The van der Waals surface area contributed by atoms with Gasteiger partial charge in [-0.25, -0.2) is 9.79 Å². The summed E-state index contributed by atoms with van der Waals surface area (Å²) in [7, 11) is 0. The highest BCUT2D eigenvalue weighted by Crippen LogP contribution is 2.06. The molecule has 17 heavy (non-hydrogen) atoms. The lowest BCUT2D eigenvalue weighted by atomic mass is 10.2. The highest BCUT2D eigenvalue weighted by Gasteiger charge is 2.19. The maximum absolute atomic E-state index is 11.8. The minimum atomic E-state index is -0.596. The van der Waals surface area contributed by atoms with Crippen LogP contribution in [0.15, 0.2) is 40.3 Å². The average molecular weight is 341 g/mol. The number of urea groups is 1. The van der Waals surface area contributed by atoms with Crippen LogP contribution in [0, 0.1) is 0 Å². The van der Waals surface area contributed by atoms with Gasteiger partial charge in [-0.3, -0.25) is 4.79 Å². The van der Waals surface area contributed by atoms with Gasteiger partial charge in [-0.2, -0.15) is 4.99 Å². The van der Waals surface area contributed by atoms with E-state index in [2.05, 4.69) is 15.3 Å². The molecule has 0 aromatic heterocycles. The number of amidine groups is 1. The Morgan fingerprint density at radius 2 is 2.00 bits per heavy atom. The van der Waals surface area contributed by atoms with E-state index in [1.807, 2.05) is 28.7 Å². The van der Waals surface area contributed by atoms with Crippen LogP contribution in [0.3, 0.4) is 0 Å². The molecule has 86 valence electrons. The smallest absolute Gasteiger partial charge is 0.309 e. The molecule has 0 spiro atoms. The van der Waals surface area contributed by atoms with E-state index in [-0.39, 0.29) is 9.83 Å². The summed E-state index contributed by atoms with van der Waals surface area (Å²) in [5.74, 6) is 0.0357. The standard InChI is InChI=1S/C11H8IN3O2/c12-8-6-13-11(17)15-9(8)14-10(16)7-4-2-1-3-5-7/h1-6,8H,(H,14,15,16,17). The molecule has 3 amide bonds. The maximum atomic E-state index is 11.8. The van der Waals surface area contributed by atoms with Gasteiger partial charge in [-0.15, -0.1) is 0 Å². The van der Waals surface area contributed by atoms with Gasteiger partial charge in [0.05, 0.1) is 0 Å². The lowest BCUT2D eigenvalue weighted by molar-refractivity contribution is 0.0977. The summed E-state index contributed by atoms with van der Waals surface area (Å²) in [6, 6.07) is 8.15. The molecule has 1 atom stereocenters. The monoisotopic (exact) mass is 341 g/mol. The van der Waals surface area contributed by atoms with Gasteiger partial charge in [0.15, 0.2) is 0 Å². The van der Waals surface area contributed by atoms with Crippen LogP contribution < -0.4 is 5.32 Å². The number of nitrogens with one attached hydrogen (secondary N) is 1. The number of benzene rings is 1. The van der Waals surface area contributed by atoms with E-state index in [0.717, 1.165) is 0 Å². The Bertz CT molecular complexity index is 511. The van der Waals surface area contributed by atoms with Crippen molar-refractivity contribution in [3.05, 3.63) is 35.9 Å². The van der Waals surface area contributed by atoms with Gasteiger partial charge < -0.3 is 5.32 Å². The second-order valence-electron chi connectivity index (χ2n) is 3.28. The highest BCUT2D eigenvalue weighted by molar-refractivity contribution is 14.1. The average Bonchev–Trinajstić information content (AvgIpc) is 2.35. The molecule has 5 nitrogen and oxygen atoms in total. The van der Waals surface area contributed by atoms with Gasteiger partial charge in [0, 0.05) is 11.8 Å². The number of halogens is 1. The zero-order chi connectivity index (χ0) is 12.3. The predicted octanol–water partition coefficient (Wildman–Crippen LogP) is 1.82. The van der Waals surface area contributed by atoms with E-state index < -0.39 is 6.03 Å². The molecule has 1 unspecified atom stereocenters. The molecule has 1 aliphatic rings. The molecule has 6 heteroatoms. The Morgan fingerprint density at radius 3 is 2.71 bits per heavy atom. The minimum absolute atomic E-state index is 0.196. The topological polar surface area (TPSA) is 70.9 Å². The van der Waals surface area contributed by atoms with E-state index in [9.17, 15) is 9.59 Å². The third kappa shape index (κ3) is 2.96. The SMILES string of the molecule is O=C1N=CC(I)C(NC(=O)c2ccccc2)=N1. The van der Waals surface area contributed by atoms with Crippen LogP contribution in [-0.2, 0) is 0 Å². The van der Waals surface area contributed by atoms with E-state index in [4.69, 9.17) is 0 Å². The van der Waals surface area contributed by atoms with Crippen molar-refractivity contribution in [1.82, 2.24) is 5.32 Å². The largest absolute Gasteiger partial charge is 0.368 e. The number of aliphatic imine (C=N–C) groups is 2. The first-order valence-electron chi connectivity index (χ1n) is 4.84. The number of carbonyl (C=O) groups excluding carboxylic acids is 2. The van der Waals surface area contributed by atoms with Crippen molar-refractivity contribution in [1.29, 1.82) is 0 Å². The fraction of sp³-hybridized carbons (Fsp3) is 0.0909. The van der Waals surface area contributed by atoms with E-state index >= 15 is 0 Å². The number of alkyl halides is 1. The molecule has 0 saturated heterocycles. The molecule has 1 N–H and O–H groups in total. The maximum Gasteiger partial charge on any atom is 0.368 e. The molecule has 0 saturated carbocycles. The van der Waals surface area contributed by atoms with Gasteiger partial charge in [-0.05, 0) is 12.1 Å². The van der Waals surface area contributed by atoms with Crippen molar-refractivity contribution in [2.24, 2.45) is 9.98 Å². The van der Waals surface area contributed by atoms with Gasteiger partial charge in [-0.1, -0.05) is 40.8 Å². The minimum Gasteiger partial charge on any atom is -0.309 e. The fourth-order valence-electron chi connectivity index (χ4n) is 1.27. The summed E-state index contributed by atoms with van der Waals surface area (Å²) in [6.45, 7) is 0. The van der Waals surface area contributed by atoms with Gasteiger partial charge in [0.2, 0.25) is 0 Å². The van der Waals surface area contributed by atoms with Crippen molar-refractivity contribution >= 4 is 46.6 Å². The van der Waals surface area contributed by atoms with E-state index in [1.165, 1.54) is 6.21 Å². The molecule has 0 radical (unpaired) electrons. The van der Waals surface area contributed by atoms with Gasteiger partial charge >= 0.3 is 6.03 Å². The quantitative estimate of drug-likeness (QED) is 0.625. The zero-order valence-corrected chi connectivity index (χ0v) is 10.8. The second-order valence-corrected chi connectivity index (χ2v) is 4.62. The van der Waals surface area contributed by atoms with Crippen LogP contribution in [0.2, 0.25) is 0 Å². The zero-order valence-electron chi connectivity index (χ0n) is 8.63. The van der Waals surface area contributed by atoms with E-state index in [1.54, 1.807) is 24.3 Å². The Morgan fingerprint density at radius 1 is 1.29 bits per heavy atom. The summed E-state index contributed by atoms with van der Waals surface area (Å²) >= 11 is 2.03. The second kappa shape index (κ2) is 5.17. The highest BCUT2D eigenvalue weighted by atomic mass is 127. The number of nitrogens with zero attached hydrogens (tertiary/aromatic N) is 2. The van der Waals surface area contributed by atoms with Gasteiger partial charge in [0.1, 0.15) is 9.76 Å². The first kappa shape index (κ1) is 11.9. The number of hydrogen-bond acceptors (Lipinski definition) is 2. The number of hydrogen-bond donors (Lipinski definition) is 1. The summed E-state index contributed by atoms with van der Waals surface area (Å²) in [6.07, 6.45) is 1.45. The summed E-state index contributed by atoms with van der Waals surface area (Å²) in [4.78, 5) is 30.0. The lowest BCUT2D eigenvalue weighted by Crippen LogP contribution is -2.39. The van der Waals surface area contributed by atoms with Crippen molar-refractivity contribution < 1.29 is 9.59 Å². The number of carbonyl (C=O) groups is 2.